The highest BCUT2D eigenvalue weighted by molar-refractivity contribution is 4.93. The predicted octanol–water partition coefficient (Wildman–Crippen LogP) is 4.11. The fourth-order valence-electron chi connectivity index (χ4n) is 6.11. The second-order valence-electron chi connectivity index (χ2n) is 11.4. The van der Waals surface area contributed by atoms with E-state index in [4.69, 9.17) is 4.74 Å². The maximum absolute atomic E-state index is 12.8. The van der Waals surface area contributed by atoms with Crippen LogP contribution in [0.3, 0.4) is 0 Å². The summed E-state index contributed by atoms with van der Waals surface area (Å²) >= 11 is 0. The summed E-state index contributed by atoms with van der Waals surface area (Å²) in [6.07, 6.45) is -0.0241. The molecule has 3 N–H and O–H groups in total. The Labute approximate surface area is 197 Å². The Morgan fingerprint density at radius 1 is 1.06 bits per heavy atom. The number of rotatable bonds is 10. The second kappa shape index (κ2) is 11.5. The molecule has 3 fully saturated rings. The van der Waals surface area contributed by atoms with Gasteiger partial charge in [0.15, 0.2) is 0 Å². The Kier molecular flexibility index (Phi) is 9.51. The second-order valence-corrected chi connectivity index (χ2v) is 11.4. The highest BCUT2D eigenvalue weighted by Crippen LogP contribution is 2.38. The Hall–Kier alpha value is -0.410. The van der Waals surface area contributed by atoms with E-state index >= 15 is 0 Å². The van der Waals surface area contributed by atoms with Crippen molar-refractivity contribution in [2.75, 3.05) is 13.2 Å². The summed E-state index contributed by atoms with van der Waals surface area (Å²) in [7, 11) is 0. The van der Waals surface area contributed by atoms with E-state index in [0.717, 1.165) is 32.1 Å². The quantitative estimate of drug-likeness (QED) is 0.441. The molecule has 1 aliphatic heterocycles. The van der Waals surface area contributed by atoms with Crippen LogP contribution in [-0.4, -0.2) is 76.9 Å². The van der Waals surface area contributed by atoms with Gasteiger partial charge in [0, 0.05) is 37.1 Å². The van der Waals surface area contributed by atoms with Gasteiger partial charge in [-0.3, -0.25) is 4.90 Å². The zero-order valence-corrected chi connectivity index (χ0v) is 20.7. The number of aliphatic hydroxyl groups excluding tert-OH is 2. The van der Waals surface area contributed by atoms with Crippen molar-refractivity contribution in [1.29, 1.82) is 0 Å². The molecule has 3 rings (SSSR count). The van der Waals surface area contributed by atoms with Gasteiger partial charge in [-0.05, 0) is 83.5 Å². The van der Waals surface area contributed by atoms with Crippen LogP contribution in [0.25, 0.3) is 0 Å². The van der Waals surface area contributed by atoms with Crippen molar-refractivity contribution in [3.8, 4) is 0 Å². The SMILES string of the molecule is CC(CCC1CC(N(C[C@H]2OC[C@H](O)[C@@H]2O)C(C)C)C1)NC1CC(CC(F)(F)F)CCC1C. The molecule has 0 radical (unpaired) electrons. The van der Waals surface area contributed by atoms with E-state index in [1.54, 1.807) is 0 Å². The Bertz CT molecular complexity index is 600. The van der Waals surface area contributed by atoms with Gasteiger partial charge in [-0.25, -0.2) is 0 Å². The molecule has 33 heavy (non-hydrogen) atoms. The molecule has 194 valence electrons. The predicted molar refractivity (Wildman–Crippen MR) is 123 cm³/mol. The maximum atomic E-state index is 12.8. The van der Waals surface area contributed by atoms with Crippen LogP contribution in [0.2, 0.25) is 0 Å². The van der Waals surface area contributed by atoms with Gasteiger partial charge in [0.05, 0.1) is 12.7 Å². The van der Waals surface area contributed by atoms with Crippen LogP contribution in [-0.2, 0) is 4.74 Å². The average molecular weight is 479 g/mol. The third-order valence-electron chi connectivity index (χ3n) is 8.32. The first-order valence-corrected chi connectivity index (χ1v) is 13.0. The Morgan fingerprint density at radius 2 is 1.76 bits per heavy atom. The van der Waals surface area contributed by atoms with Gasteiger partial charge < -0.3 is 20.3 Å². The van der Waals surface area contributed by atoms with Crippen LogP contribution >= 0.6 is 0 Å². The van der Waals surface area contributed by atoms with E-state index in [0.29, 0.717) is 49.3 Å². The largest absolute Gasteiger partial charge is 0.389 e. The number of aliphatic hydroxyl groups is 2. The lowest BCUT2D eigenvalue weighted by molar-refractivity contribution is -0.147. The number of ether oxygens (including phenoxy) is 1. The monoisotopic (exact) mass is 478 g/mol. The van der Waals surface area contributed by atoms with Crippen molar-refractivity contribution in [2.45, 2.75) is 128 Å². The number of alkyl halides is 3. The maximum Gasteiger partial charge on any atom is 0.389 e. The normalized spacial score (nSPS) is 38.6. The van der Waals surface area contributed by atoms with Gasteiger partial charge in [-0.1, -0.05) is 6.92 Å². The molecule has 0 aromatic heterocycles. The summed E-state index contributed by atoms with van der Waals surface area (Å²) in [5.41, 5.74) is 0. The summed E-state index contributed by atoms with van der Waals surface area (Å²) in [6.45, 7) is 9.50. The molecule has 2 aliphatic carbocycles. The molecule has 3 aliphatic rings. The Balaban J connectivity index is 1.37. The molecule has 0 amide bonds. The van der Waals surface area contributed by atoms with Crippen LogP contribution in [0.4, 0.5) is 13.2 Å². The number of hydrogen-bond acceptors (Lipinski definition) is 5. The third kappa shape index (κ3) is 7.79. The molecule has 0 aromatic carbocycles. The van der Waals surface area contributed by atoms with Crippen molar-refractivity contribution in [3.05, 3.63) is 0 Å². The first-order chi connectivity index (χ1) is 15.4. The molecule has 4 unspecified atom stereocenters. The smallest absolute Gasteiger partial charge is 0.388 e. The number of nitrogens with zero attached hydrogens (tertiary/aromatic N) is 1. The number of hydrogen-bond donors (Lipinski definition) is 3. The lowest BCUT2D eigenvalue weighted by atomic mass is 9.75. The highest BCUT2D eigenvalue weighted by atomic mass is 19.4. The minimum Gasteiger partial charge on any atom is -0.388 e. The van der Waals surface area contributed by atoms with Crippen molar-refractivity contribution in [2.24, 2.45) is 17.8 Å². The fourth-order valence-corrected chi connectivity index (χ4v) is 6.11. The third-order valence-corrected chi connectivity index (χ3v) is 8.32. The zero-order valence-electron chi connectivity index (χ0n) is 20.7. The molecular formula is C25H45F3N2O3. The van der Waals surface area contributed by atoms with E-state index < -0.39 is 24.8 Å². The summed E-state index contributed by atoms with van der Waals surface area (Å²) in [4.78, 5) is 2.40. The molecular weight excluding hydrogens is 433 g/mol. The Morgan fingerprint density at radius 3 is 2.33 bits per heavy atom. The van der Waals surface area contributed by atoms with E-state index in [1.165, 1.54) is 0 Å². The van der Waals surface area contributed by atoms with Crippen molar-refractivity contribution < 1.29 is 28.1 Å². The molecule has 0 bridgehead atoms. The first kappa shape index (κ1) is 27.2. The fraction of sp³-hybridized carbons (Fsp3) is 1.00. The standard InChI is InChI=1S/C25H45F3N2O3/c1-15(2)30(13-23-24(32)22(31)14-33-23)20-9-18(10-20)8-6-17(4)29-21-11-19(7-5-16(21)3)12-25(26,27)28/h15-24,29,31-32H,5-14H2,1-4H3/t16?,17?,18?,19?,20?,21?,22-,23+,24-/m0/s1. The van der Waals surface area contributed by atoms with Gasteiger partial charge >= 0.3 is 6.18 Å². The van der Waals surface area contributed by atoms with Crippen LogP contribution < -0.4 is 5.32 Å². The van der Waals surface area contributed by atoms with Crippen LogP contribution in [0.1, 0.15) is 79.1 Å². The van der Waals surface area contributed by atoms with Gasteiger partial charge in [0.1, 0.15) is 12.2 Å². The zero-order chi connectivity index (χ0) is 24.3. The van der Waals surface area contributed by atoms with Crippen LogP contribution in [0, 0.1) is 17.8 Å². The molecule has 5 nitrogen and oxygen atoms in total. The molecule has 7 atom stereocenters. The molecule has 0 spiro atoms. The van der Waals surface area contributed by atoms with Gasteiger partial charge in [-0.2, -0.15) is 13.2 Å². The number of nitrogens with one attached hydrogen (secondary N) is 1. The lowest BCUT2D eigenvalue weighted by Gasteiger charge is -2.46. The molecule has 8 heteroatoms. The lowest BCUT2D eigenvalue weighted by Crippen LogP contribution is -2.52. The van der Waals surface area contributed by atoms with Crippen LogP contribution in [0.5, 0.6) is 0 Å². The van der Waals surface area contributed by atoms with Crippen molar-refractivity contribution >= 4 is 0 Å². The molecule has 2 saturated carbocycles. The average Bonchev–Trinajstić information content (AvgIpc) is 2.99. The van der Waals surface area contributed by atoms with E-state index in [-0.39, 0.29) is 24.7 Å². The van der Waals surface area contributed by atoms with Gasteiger partial charge in [-0.15, -0.1) is 0 Å². The van der Waals surface area contributed by atoms with Crippen LogP contribution in [0.15, 0.2) is 0 Å². The minimum atomic E-state index is -4.06. The number of halogens is 3. The van der Waals surface area contributed by atoms with Crippen molar-refractivity contribution in [3.63, 3.8) is 0 Å². The topological polar surface area (TPSA) is 65.0 Å². The van der Waals surface area contributed by atoms with E-state index in [2.05, 4.69) is 37.9 Å². The molecule has 0 aromatic rings. The summed E-state index contributed by atoms with van der Waals surface area (Å²) < 4.78 is 44.0. The highest BCUT2D eigenvalue weighted by Gasteiger charge is 2.41. The summed E-state index contributed by atoms with van der Waals surface area (Å²) in [5.74, 6) is 0.849. The minimum absolute atomic E-state index is 0.180. The molecule has 1 saturated heterocycles. The molecule has 1 heterocycles. The van der Waals surface area contributed by atoms with Gasteiger partial charge in [0.25, 0.3) is 0 Å². The summed E-state index contributed by atoms with van der Waals surface area (Å²) in [5, 5.41) is 23.5. The first-order valence-electron chi connectivity index (χ1n) is 13.0. The van der Waals surface area contributed by atoms with E-state index in [1.807, 2.05) is 0 Å². The van der Waals surface area contributed by atoms with Gasteiger partial charge in [0.2, 0.25) is 0 Å². The van der Waals surface area contributed by atoms with E-state index in [9.17, 15) is 23.4 Å². The summed E-state index contributed by atoms with van der Waals surface area (Å²) in [6, 6.07) is 1.32. The van der Waals surface area contributed by atoms with Crippen molar-refractivity contribution in [1.82, 2.24) is 10.2 Å².